The molecule has 0 bridgehead atoms. The number of hydrogen-bond donors (Lipinski definition) is 1. The van der Waals surface area contributed by atoms with E-state index in [1.165, 1.54) is 24.1 Å². The Morgan fingerprint density at radius 3 is 2.52 bits per heavy atom. The van der Waals surface area contributed by atoms with Crippen molar-refractivity contribution in [2.75, 3.05) is 39.9 Å². The molecule has 1 N–H and O–H groups in total. The van der Waals surface area contributed by atoms with E-state index in [1.54, 1.807) is 0 Å². The van der Waals surface area contributed by atoms with Crippen molar-refractivity contribution in [3.63, 3.8) is 0 Å². The fourth-order valence-electron chi connectivity index (χ4n) is 2.66. The predicted molar refractivity (Wildman–Crippen MR) is 117 cm³/mol. The van der Waals surface area contributed by atoms with Gasteiger partial charge in [-0.2, -0.15) is 0 Å². The summed E-state index contributed by atoms with van der Waals surface area (Å²) in [6.45, 7) is 4.28. The molecule has 0 aromatic heterocycles. The van der Waals surface area contributed by atoms with E-state index in [0.717, 1.165) is 18.2 Å². The fraction of sp³-hybridized carbons (Fsp3) is 0.364. The Bertz CT molecular complexity index is 823. The van der Waals surface area contributed by atoms with E-state index in [9.17, 15) is 14.0 Å². The molecule has 0 atom stereocenters. The summed E-state index contributed by atoms with van der Waals surface area (Å²) in [4.78, 5) is 25.9. The third kappa shape index (κ3) is 8.82. The molecule has 0 unspecified atom stereocenters. The van der Waals surface area contributed by atoms with E-state index < -0.39 is 17.9 Å². The molecule has 2 aromatic rings. The summed E-state index contributed by atoms with van der Waals surface area (Å²) in [7, 11) is 1.21. The Morgan fingerprint density at radius 2 is 1.84 bits per heavy atom. The summed E-state index contributed by atoms with van der Waals surface area (Å²) in [6.07, 6.45) is -0.465. The van der Waals surface area contributed by atoms with E-state index >= 15 is 0 Å². The number of nitrogens with one attached hydrogen (secondary N) is 1. The number of amides is 1. The van der Waals surface area contributed by atoms with Crippen LogP contribution < -0.4 is 10.1 Å². The first-order chi connectivity index (χ1) is 14.5. The van der Waals surface area contributed by atoms with Crippen LogP contribution in [0.5, 0.6) is 5.75 Å². The first-order valence-corrected chi connectivity index (χ1v) is 9.72. The van der Waals surface area contributed by atoms with Gasteiger partial charge in [0.1, 0.15) is 30.3 Å². The second kappa shape index (κ2) is 14.2. The number of ether oxygens (including phenoxy) is 3. The van der Waals surface area contributed by atoms with E-state index in [4.69, 9.17) is 9.47 Å². The lowest BCUT2D eigenvalue weighted by molar-refractivity contribution is 0.0593. The molecule has 0 fully saturated rings. The zero-order valence-electron chi connectivity index (χ0n) is 17.6. The highest BCUT2D eigenvalue weighted by Crippen LogP contribution is 2.20. The second-order valence-electron chi connectivity index (χ2n) is 6.36. The first-order valence-electron chi connectivity index (χ1n) is 9.72. The van der Waals surface area contributed by atoms with Gasteiger partial charge < -0.3 is 24.4 Å². The summed E-state index contributed by atoms with van der Waals surface area (Å²) in [6, 6.07) is 13.0. The molecule has 0 radical (unpaired) electrons. The van der Waals surface area contributed by atoms with Gasteiger partial charge in [-0.3, -0.25) is 0 Å². The number of carbonyl (C=O) groups excluding carboxylic acids is 2. The smallest absolute Gasteiger partial charge is 0.410 e. The van der Waals surface area contributed by atoms with E-state index in [-0.39, 0.29) is 43.5 Å². The first kappa shape index (κ1) is 26.2. The van der Waals surface area contributed by atoms with E-state index in [1.807, 2.05) is 37.3 Å². The van der Waals surface area contributed by atoms with Crippen molar-refractivity contribution in [1.29, 1.82) is 0 Å². The highest BCUT2D eigenvalue weighted by molar-refractivity contribution is 5.92. The molecule has 9 heteroatoms. The number of esters is 1. The van der Waals surface area contributed by atoms with Crippen LogP contribution in [0.15, 0.2) is 48.5 Å². The third-order valence-electron chi connectivity index (χ3n) is 4.24. The van der Waals surface area contributed by atoms with Crippen molar-refractivity contribution in [1.82, 2.24) is 10.2 Å². The number of halogens is 2. The van der Waals surface area contributed by atoms with Crippen molar-refractivity contribution >= 4 is 24.5 Å². The molecule has 0 aliphatic heterocycles. The molecule has 2 aromatic carbocycles. The molecule has 0 aliphatic carbocycles. The molecule has 2 rings (SSSR count). The molecular weight excluding hydrogens is 427 g/mol. The maximum absolute atomic E-state index is 13.5. The standard InChI is InChI=1S/C22H27FN2O5.ClH/c1-3-24-11-12-25(22(27)30-16-17-7-5-4-6-8-17)13-14-29-20-10-9-18(23)15-19(20)21(26)28-2;/h4-10,15,24H,3,11-14,16H2,1-2H3;1H. The van der Waals surface area contributed by atoms with Gasteiger partial charge in [0, 0.05) is 13.1 Å². The van der Waals surface area contributed by atoms with Crippen LogP contribution in [0.2, 0.25) is 0 Å². The zero-order valence-corrected chi connectivity index (χ0v) is 18.5. The van der Waals surface area contributed by atoms with Crippen LogP contribution in [0.1, 0.15) is 22.8 Å². The monoisotopic (exact) mass is 454 g/mol. The van der Waals surface area contributed by atoms with Crippen molar-refractivity contribution in [3.8, 4) is 5.75 Å². The predicted octanol–water partition coefficient (Wildman–Crippen LogP) is 3.66. The number of methoxy groups -OCH3 is 1. The average molecular weight is 455 g/mol. The Morgan fingerprint density at radius 1 is 1.10 bits per heavy atom. The topological polar surface area (TPSA) is 77.1 Å². The zero-order chi connectivity index (χ0) is 21.8. The number of likely N-dealkylation sites (N-methyl/N-ethyl adjacent to an activating group) is 1. The quantitative estimate of drug-likeness (QED) is 0.412. The van der Waals surface area contributed by atoms with Gasteiger partial charge in [0.25, 0.3) is 0 Å². The van der Waals surface area contributed by atoms with Gasteiger partial charge in [-0.05, 0) is 30.3 Å². The van der Waals surface area contributed by atoms with Gasteiger partial charge in [0.15, 0.2) is 0 Å². The van der Waals surface area contributed by atoms with Crippen molar-refractivity contribution < 1.29 is 28.2 Å². The minimum atomic E-state index is -0.698. The molecule has 1 amide bonds. The average Bonchev–Trinajstić information content (AvgIpc) is 2.77. The van der Waals surface area contributed by atoms with Crippen LogP contribution in [0.4, 0.5) is 9.18 Å². The maximum atomic E-state index is 13.5. The summed E-state index contributed by atoms with van der Waals surface area (Å²) in [5.41, 5.74) is 0.881. The minimum Gasteiger partial charge on any atom is -0.491 e. The second-order valence-corrected chi connectivity index (χ2v) is 6.36. The van der Waals surface area contributed by atoms with Gasteiger partial charge in [-0.1, -0.05) is 37.3 Å². The normalized spacial score (nSPS) is 10.0. The van der Waals surface area contributed by atoms with Crippen molar-refractivity contribution in [2.24, 2.45) is 0 Å². The lowest BCUT2D eigenvalue weighted by Crippen LogP contribution is -2.39. The van der Waals surface area contributed by atoms with Crippen LogP contribution in [0.25, 0.3) is 0 Å². The van der Waals surface area contributed by atoms with Crippen LogP contribution >= 0.6 is 12.4 Å². The van der Waals surface area contributed by atoms with Gasteiger partial charge >= 0.3 is 12.1 Å². The Hall–Kier alpha value is -2.84. The van der Waals surface area contributed by atoms with Crippen molar-refractivity contribution in [3.05, 3.63) is 65.5 Å². The largest absolute Gasteiger partial charge is 0.491 e. The highest BCUT2D eigenvalue weighted by Gasteiger charge is 2.17. The summed E-state index contributed by atoms with van der Waals surface area (Å²) in [5, 5.41) is 3.16. The Labute approximate surface area is 187 Å². The molecule has 0 heterocycles. The maximum Gasteiger partial charge on any atom is 0.410 e. The van der Waals surface area contributed by atoms with Crippen molar-refractivity contribution in [2.45, 2.75) is 13.5 Å². The van der Waals surface area contributed by atoms with Gasteiger partial charge in [-0.15, -0.1) is 12.4 Å². The Kier molecular flexibility index (Phi) is 12.0. The molecule has 7 nitrogen and oxygen atoms in total. The van der Waals surface area contributed by atoms with Gasteiger partial charge in [0.05, 0.1) is 13.7 Å². The molecule has 0 spiro atoms. The number of hydrogen-bond acceptors (Lipinski definition) is 6. The van der Waals surface area contributed by atoms with Crippen LogP contribution in [-0.2, 0) is 16.1 Å². The minimum absolute atomic E-state index is 0. The summed E-state index contributed by atoms with van der Waals surface area (Å²) >= 11 is 0. The highest BCUT2D eigenvalue weighted by atomic mass is 35.5. The molecule has 0 saturated carbocycles. The van der Waals surface area contributed by atoms with E-state index in [2.05, 4.69) is 10.1 Å². The number of carbonyl (C=O) groups is 2. The van der Waals surface area contributed by atoms with Gasteiger partial charge in [-0.25, -0.2) is 14.0 Å². The Balaban J connectivity index is 0.00000480. The lowest BCUT2D eigenvalue weighted by atomic mass is 10.2. The van der Waals surface area contributed by atoms with Crippen LogP contribution in [-0.4, -0.2) is 56.9 Å². The number of rotatable bonds is 11. The number of benzene rings is 2. The molecule has 0 aliphatic rings. The van der Waals surface area contributed by atoms with Gasteiger partial charge in [0.2, 0.25) is 0 Å². The summed E-state index contributed by atoms with van der Waals surface area (Å²) in [5.74, 6) is -1.08. The van der Waals surface area contributed by atoms with Crippen LogP contribution in [0.3, 0.4) is 0 Å². The molecule has 170 valence electrons. The SMILES string of the molecule is CCNCCN(CCOc1ccc(F)cc1C(=O)OC)C(=O)OCc1ccccc1.Cl. The summed E-state index contributed by atoms with van der Waals surface area (Å²) < 4.78 is 29.1. The third-order valence-corrected chi connectivity index (χ3v) is 4.24. The number of nitrogens with zero attached hydrogens (tertiary/aromatic N) is 1. The molecular formula is C22H28ClFN2O5. The van der Waals surface area contributed by atoms with Crippen LogP contribution in [0, 0.1) is 5.82 Å². The molecule has 31 heavy (non-hydrogen) atoms. The lowest BCUT2D eigenvalue weighted by Gasteiger charge is -2.22. The van der Waals surface area contributed by atoms with E-state index in [0.29, 0.717) is 13.1 Å². The fourth-order valence-corrected chi connectivity index (χ4v) is 2.66. The molecule has 0 saturated heterocycles.